The molecule has 0 radical (unpaired) electrons. The number of hydrogen-bond acceptors (Lipinski definition) is 9. The summed E-state index contributed by atoms with van der Waals surface area (Å²) in [5.74, 6) is -0.595. The topological polar surface area (TPSA) is 98.1 Å². The Morgan fingerprint density at radius 3 is 2.27 bits per heavy atom. The van der Waals surface area contributed by atoms with Crippen molar-refractivity contribution in [2.45, 2.75) is 74.6 Å². The predicted octanol–water partition coefficient (Wildman–Crippen LogP) is 7.13. The second kappa shape index (κ2) is 15.1. The summed E-state index contributed by atoms with van der Waals surface area (Å²) in [6.45, 7) is 3.33. The van der Waals surface area contributed by atoms with Crippen LogP contribution >= 0.6 is 22.7 Å². The molecule has 254 valence electrons. The number of carbonyl (C=O) groups excluding carboxylic acids is 1. The number of carbonyl (C=O) groups is 1. The van der Waals surface area contributed by atoms with Gasteiger partial charge < -0.3 is 19.3 Å². The number of nitrogens with zero attached hydrogens (tertiary/aromatic N) is 2. The maximum atomic E-state index is 13.4. The van der Waals surface area contributed by atoms with Crippen molar-refractivity contribution < 1.29 is 27.2 Å². The van der Waals surface area contributed by atoms with E-state index in [4.69, 9.17) is 8.92 Å². The van der Waals surface area contributed by atoms with Crippen LogP contribution in [0.5, 0.6) is 0 Å². The van der Waals surface area contributed by atoms with E-state index >= 15 is 0 Å². The fraction of sp³-hybridized carbons (Fsp3) is 0.378. The number of thiophene rings is 2. The average Bonchev–Trinajstić information content (AvgIpc) is 3.88. The Bertz CT molecular complexity index is 1860. The van der Waals surface area contributed by atoms with E-state index in [0.717, 1.165) is 56.1 Å². The van der Waals surface area contributed by atoms with Crippen molar-refractivity contribution in [1.82, 2.24) is 9.47 Å². The second-order valence-electron chi connectivity index (χ2n) is 12.5. The molecule has 1 aliphatic carbocycles. The first kappa shape index (κ1) is 34.5. The molecule has 48 heavy (non-hydrogen) atoms. The Balaban J connectivity index is 0.989. The highest BCUT2D eigenvalue weighted by atomic mass is 32.2. The largest absolute Gasteiger partial charge is 0.460 e. The van der Waals surface area contributed by atoms with Gasteiger partial charge in [0, 0.05) is 29.7 Å². The van der Waals surface area contributed by atoms with Crippen molar-refractivity contribution in [3.8, 4) is 0 Å². The van der Waals surface area contributed by atoms with Crippen LogP contribution < -0.4 is 0 Å². The van der Waals surface area contributed by atoms with E-state index in [-0.39, 0.29) is 17.6 Å². The molecule has 0 atom stereocenters. The van der Waals surface area contributed by atoms with Crippen molar-refractivity contribution in [1.29, 1.82) is 0 Å². The Morgan fingerprint density at radius 2 is 1.62 bits per heavy atom. The first-order valence-corrected chi connectivity index (χ1v) is 19.6. The van der Waals surface area contributed by atoms with E-state index in [1.807, 2.05) is 41.9 Å². The minimum atomic E-state index is -3.82. The van der Waals surface area contributed by atoms with Crippen LogP contribution in [0.3, 0.4) is 0 Å². The first-order chi connectivity index (χ1) is 23.1. The molecule has 1 saturated carbocycles. The third-order valence-electron chi connectivity index (χ3n) is 9.30. The zero-order valence-corrected chi connectivity index (χ0v) is 29.7. The molecule has 1 N–H and O–H groups in total. The summed E-state index contributed by atoms with van der Waals surface area (Å²) in [4.78, 5) is 17.1. The number of aliphatic hydroxyl groups is 1. The van der Waals surface area contributed by atoms with Gasteiger partial charge in [0.2, 0.25) is 5.60 Å². The Labute approximate surface area is 290 Å². The second-order valence-corrected chi connectivity index (χ2v) is 16.0. The molecule has 11 heteroatoms. The third kappa shape index (κ3) is 7.61. The van der Waals surface area contributed by atoms with Gasteiger partial charge in [-0.05, 0) is 106 Å². The summed E-state index contributed by atoms with van der Waals surface area (Å²) >= 11 is 2.71. The van der Waals surface area contributed by atoms with Crippen LogP contribution in [0.25, 0.3) is 10.9 Å². The van der Waals surface area contributed by atoms with Gasteiger partial charge in [-0.1, -0.05) is 48.0 Å². The maximum Gasteiger partial charge on any atom is 0.349 e. The summed E-state index contributed by atoms with van der Waals surface area (Å²) in [5, 5.41) is 16.5. The van der Waals surface area contributed by atoms with E-state index in [1.165, 1.54) is 33.6 Å². The van der Waals surface area contributed by atoms with Gasteiger partial charge >= 0.3 is 5.97 Å². The van der Waals surface area contributed by atoms with Crippen LogP contribution in [-0.2, 0) is 42.4 Å². The van der Waals surface area contributed by atoms with E-state index in [0.29, 0.717) is 22.3 Å². The van der Waals surface area contributed by atoms with Crippen LogP contribution in [0.4, 0.5) is 0 Å². The lowest BCUT2D eigenvalue weighted by Gasteiger charge is -2.35. The molecule has 0 spiro atoms. The number of rotatable bonds is 14. The number of hydrogen-bond donors (Lipinski definition) is 1. The molecule has 0 saturated heterocycles. The zero-order chi connectivity index (χ0) is 33.7. The molecule has 1 aliphatic rings. The van der Waals surface area contributed by atoms with Gasteiger partial charge in [-0.2, -0.15) is 8.42 Å². The summed E-state index contributed by atoms with van der Waals surface area (Å²) < 4.78 is 38.7. The zero-order valence-electron chi connectivity index (χ0n) is 27.3. The molecule has 1 fully saturated rings. The van der Waals surface area contributed by atoms with Crippen LogP contribution in [0.1, 0.15) is 53.0 Å². The Hall–Kier alpha value is -3.32. The fourth-order valence-corrected chi connectivity index (χ4v) is 9.17. The number of aromatic nitrogens is 1. The third-order valence-corrected chi connectivity index (χ3v) is 12.6. The molecule has 0 bridgehead atoms. The quantitative estimate of drug-likeness (QED) is 0.0969. The Morgan fingerprint density at radius 1 is 0.958 bits per heavy atom. The molecule has 3 aromatic heterocycles. The average molecular weight is 707 g/mol. The van der Waals surface area contributed by atoms with E-state index < -0.39 is 21.7 Å². The van der Waals surface area contributed by atoms with Crippen LogP contribution in [-0.4, -0.2) is 61.3 Å². The van der Waals surface area contributed by atoms with Crippen LogP contribution in [0, 0.1) is 6.92 Å². The monoisotopic (exact) mass is 706 g/mol. The smallest absolute Gasteiger partial charge is 0.349 e. The SMILES string of the molecule is Cc1ccc(S(=O)(=O)OCCn2cc(CCCN(C)[C@H]3CC[C@H](OC(=O)C(O)(c4cccs4)c4cccs4)CC3)c3ccccc32)cc1. The molecule has 8 nitrogen and oxygen atoms in total. The van der Waals surface area contributed by atoms with Gasteiger partial charge in [-0.15, -0.1) is 22.7 Å². The summed E-state index contributed by atoms with van der Waals surface area (Å²) in [7, 11) is -1.65. The molecular formula is C37H42N2O6S3. The van der Waals surface area contributed by atoms with Gasteiger partial charge in [0.25, 0.3) is 10.1 Å². The summed E-state index contributed by atoms with van der Waals surface area (Å²) in [6.07, 6.45) is 7.17. The van der Waals surface area contributed by atoms with E-state index in [2.05, 4.69) is 34.8 Å². The number of aryl methyl sites for hydroxylation is 2. The lowest BCUT2D eigenvalue weighted by atomic mass is 9.91. The highest BCUT2D eigenvalue weighted by Crippen LogP contribution is 2.38. The fourth-order valence-electron chi connectivity index (χ4n) is 6.56. The molecule has 2 aromatic carbocycles. The molecule has 5 aromatic rings. The Kier molecular flexibility index (Phi) is 10.8. The summed E-state index contributed by atoms with van der Waals surface area (Å²) in [6, 6.07) is 22.5. The molecule has 0 unspecified atom stereocenters. The van der Waals surface area contributed by atoms with Crippen molar-refractivity contribution in [3.05, 3.63) is 111 Å². The number of ether oxygens (including phenoxy) is 1. The molecule has 3 heterocycles. The number of esters is 1. The van der Waals surface area contributed by atoms with Crippen LogP contribution in [0.15, 0.2) is 94.6 Å². The highest BCUT2D eigenvalue weighted by molar-refractivity contribution is 7.86. The molecule has 0 aliphatic heterocycles. The van der Waals surface area contributed by atoms with Crippen molar-refractivity contribution >= 4 is 49.7 Å². The van der Waals surface area contributed by atoms with Gasteiger partial charge in [0.05, 0.1) is 21.3 Å². The van der Waals surface area contributed by atoms with Crippen molar-refractivity contribution in [2.24, 2.45) is 0 Å². The predicted molar refractivity (Wildman–Crippen MR) is 191 cm³/mol. The lowest BCUT2D eigenvalue weighted by molar-refractivity contribution is -0.169. The van der Waals surface area contributed by atoms with Crippen LogP contribution in [0.2, 0.25) is 0 Å². The molecular weight excluding hydrogens is 665 g/mol. The maximum absolute atomic E-state index is 13.4. The molecule has 0 amide bonds. The van der Waals surface area contributed by atoms with E-state index in [1.54, 1.807) is 36.4 Å². The standard InChI is InChI=1S/C37H42N2O6S3/c1-27-13-19-31(20-14-27)48(42,43)44-23-22-39-26-28(32-9-3-4-10-33(32)39)8-5-21-38(2)29-15-17-30(18-16-29)45-36(40)37(41,34-11-6-24-46-34)35-12-7-25-47-35/h3-4,6-7,9-14,19-20,24-26,29-30,41H,5,8,15-18,21-23H2,1-2H3/t29-,30-. The molecule has 6 rings (SSSR count). The summed E-state index contributed by atoms with van der Waals surface area (Å²) in [5.41, 5.74) is 1.52. The first-order valence-electron chi connectivity index (χ1n) is 16.4. The highest BCUT2D eigenvalue weighted by Gasteiger charge is 2.45. The number of fused-ring (bicyclic) bond motifs is 1. The normalized spacial score (nSPS) is 17.2. The lowest BCUT2D eigenvalue weighted by Crippen LogP contribution is -2.42. The van der Waals surface area contributed by atoms with Crippen molar-refractivity contribution in [3.63, 3.8) is 0 Å². The van der Waals surface area contributed by atoms with Gasteiger partial charge in [0.15, 0.2) is 0 Å². The minimum Gasteiger partial charge on any atom is -0.460 e. The number of benzene rings is 2. The number of para-hydroxylation sites is 1. The van der Waals surface area contributed by atoms with Gasteiger partial charge in [-0.3, -0.25) is 4.18 Å². The van der Waals surface area contributed by atoms with Gasteiger partial charge in [0.1, 0.15) is 6.10 Å². The van der Waals surface area contributed by atoms with Gasteiger partial charge in [-0.25, -0.2) is 4.79 Å². The van der Waals surface area contributed by atoms with E-state index in [9.17, 15) is 18.3 Å². The minimum absolute atomic E-state index is 0.0520. The van der Waals surface area contributed by atoms with Crippen molar-refractivity contribution in [2.75, 3.05) is 20.2 Å².